The zero-order chi connectivity index (χ0) is 20.6. The fourth-order valence-electron chi connectivity index (χ4n) is 2.30. The van der Waals surface area contributed by atoms with Gasteiger partial charge in [0.2, 0.25) is 5.91 Å². The molecular formula is C21H16ClN3O3S. The van der Waals surface area contributed by atoms with E-state index in [2.05, 4.69) is 16.0 Å². The Morgan fingerprint density at radius 2 is 1.59 bits per heavy atom. The molecule has 0 saturated heterocycles. The maximum absolute atomic E-state index is 12.0. The highest BCUT2D eigenvalue weighted by atomic mass is 35.5. The number of carbonyl (C=O) groups excluding carboxylic acids is 2. The standard InChI is InChI=1S/C21H16ClN3O3S/c22-15-6-3-14(4-7-15)5-12-19(26)25-21(29)24-17-10-8-16(9-11-17)23-20(27)18-2-1-13-28-18/h1-13H,(H,23,27)(H2,24,25,26,29). The van der Waals surface area contributed by atoms with Crippen molar-refractivity contribution in [2.45, 2.75) is 0 Å². The number of hydrogen-bond donors (Lipinski definition) is 3. The van der Waals surface area contributed by atoms with Crippen LogP contribution in [-0.2, 0) is 4.79 Å². The van der Waals surface area contributed by atoms with Crippen molar-refractivity contribution in [2.75, 3.05) is 10.6 Å². The summed E-state index contributed by atoms with van der Waals surface area (Å²) in [4.78, 5) is 23.9. The quantitative estimate of drug-likeness (QED) is 0.407. The van der Waals surface area contributed by atoms with Gasteiger partial charge in [-0.1, -0.05) is 23.7 Å². The number of amides is 2. The lowest BCUT2D eigenvalue weighted by atomic mass is 10.2. The molecule has 1 aromatic heterocycles. The molecule has 1 heterocycles. The van der Waals surface area contributed by atoms with E-state index < -0.39 is 0 Å². The summed E-state index contributed by atoms with van der Waals surface area (Å²) in [6.45, 7) is 0. The molecule has 0 radical (unpaired) electrons. The first kappa shape index (κ1) is 20.3. The first-order valence-corrected chi connectivity index (χ1v) is 9.29. The molecule has 0 aliphatic rings. The average molecular weight is 426 g/mol. The lowest BCUT2D eigenvalue weighted by molar-refractivity contribution is -0.115. The molecule has 3 rings (SSSR count). The van der Waals surface area contributed by atoms with Crippen LogP contribution in [0.2, 0.25) is 5.02 Å². The van der Waals surface area contributed by atoms with Gasteiger partial charge in [-0.3, -0.25) is 14.9 Å². The Morgan fingerprint density at radius 1 is 0.931 bits per heavy atom. The van der Waals surface area contributed by atoms with Crippen LogP contribution in [0.5, 0.6) is 0 Å². The van der Waals surface area contributed by atoms with Crippen molar-refractivity contribution < 1.29 is 14.0 Å². The van der Waals surface area contributed by atoms with Crippen LogP contribution in [-0.4, -0.2) is 16.9 Å². The van der Waals surface area contributed by atoms with Gasteiger partial charge in [-0.25, -0.2) is 0 Å². The van der Waals surface area contributed by atoms with E-state index in [-0.39, 0.29) is 22.7 Å². The van der Waals surface area contributed by atoms with Crippen molar-refractivity contribution in [3.63, 3.8) is 0 Å². The van der Waals surface area contributed by atoms with Gasteiger partial charge < -0.3 is 15.1 Å². The van der Waals surface area contributed by atoms with E-state index in [4.69, 9.17) is 28.2 Å². The summed E-state index contributed by atoms with van der Waals surface area (Å²) >= 11 is 11.0. The SMILES string of the molecule is O=C(C=Cc1ccc(Cl)cc1)NC(=S)Nc1ccc(NC(=O)c2ccco2)cc1. The van der Waals surface area contributed by atoms with Crippen LogP contribution < -0.4 is 16.0 Å². The predicted molar refractivity (Wildman–Crippen MR) is 118 cm³/mol. The van der Waals surface area contributed by atoms with E-state index in [0.29, 0.717) is 16.4 Å². The highest BCUT2D eigenvalue weighted by Crippen LogP contribution is 2.15. The number of hydrogen-bond acceptors (Lipinski definition) is 4. The summed E-state index contributed by atoms with van der Waals surface area (Å²) in [5.74, 6) is -0.478. The van der Waals surface area contributed by atoms with E-state index in [1.807, 2.05) is 0 Å². The zero-order valence-electron chi connectivity index (χ0n) is 15.0. The van der Waals surface area contributed by atoms with E-state index in [0.717, 1.165) is 5.56 Å². The number of carbonyl (C=O) groups is 2. The molecule has 0 fully saturated rings. The van der Waals surface area contributed by atoms with Crippen molar-refractivity contribution in [3.8, 4) is 0 Å². The van der Waals surface area contributed by atoms with Crippen LogP contribution in [0.15, 0.2) is 77.4 Å². The fourth-order valence-corrected chi connectivity index (χ4v) is 2.64. The van der Waals surface area contributed by atoms with Crippen LogP contribution in [0.1, 0.15) is 16.1 Å². The van der Waals surface area contributed by atoms with Crippen molar-refractivity contribution in [3.05, 3.63) is 89.3 Å². The Kier molecular flexibility index (Phi) is 6.78. The Balaban J connectivity index is 1.49. The minimum absolute atomic E-state index is 0.156. The molecule has 0 bridgehead atoms. The van der Waals surface area contributed by atoms with Crippen molar-refractivity contribution in [1.29, 1.82) is 0 Å². The van der Waals surface area contributed by atoms with Gasteiger partial charge in [-0.15, -0.1) is 0 Å². The monoisotopic (exact) mass is 425 g/mol. The largest absolute Gasteiger partial charge is 0.459 e. The van der Waals surface area contributed by atoms with E-state index in [1.165, 1.54) is 12.3 Å². The third-order valence-corrected chi connectivity index (χ3v) is 4.14. The normalized spacial score (nSPS) is 10.5. The second-order valence-electron chi connectivity index (χ2n) is 5.84. The second kappa shape index (κ2) is 9.68. The summed E-state index contributed by atoms with van der Waals surface area (Å²) < 4.78 is 5.04. The first-order chi connectivity index (χ1) is 14.0. The Morgan fingerprint density at radius 3 is 2.21 bits per heavy atom. The lowest BCUT2D eigenvalue weighted by Crippen LogP contribution is -2.32. The van der Waals surface area contributed by atoms with Gasteiger partial charge in [-0.05, 0) is 72.4 Å². The number of furan rings is 1. The van der Waals surface area contributed by atoms with Gasteiger partial charge in [0.15, 0.2) is 10.9 Å². The number of nitrogens with one attached hydrogen (secondary N) is 3. The summed E-state index contributed by atoms with van der Waals surface area (Å²) in [7, 11) is 0. The summed E-state index contributed by atoms with van der Waals surface area (Å²) in [6.07, 6.45) is 4.47. The molecule has 0 aliphatic heterocycles. The van der Waals surface area contributed by atoms with Crippen LogP contribution in [0.3, 0.4) is 0 Å². The van der Waals surface area contributed by atoms with Crippen LogP contribution >= 0.6 is 23.8 Å². The summed E-state index contributed by atoms with van der Waals surface area (Å²) in [5, 5.41) is 8.96. The Hall–Kier alpha value is -3.42. The van der Waals surface area contributed by atoms with Gasteiger partial charge in [0.05, 0.1) is 6.26 Å². The summed E-state index contributed by atoms with van der Waals surface area (Å²) in [5.41, 5.74) is 2.10. The Bertz CT molecular complexity index is 1030. The smallest absolute Gasteiger partial charge is 0.291 e. The van der Waals surface area contributed by atoms with Crippen LogP contribution in [0, 0.1) is 0 Å². The van der Waals surface area contributed by atoms with Gasteiger partial charge in [0, 0.05) is 22.5 Å². The van der Waals surface area contributed by atoms with Gasteiger partial charge in [0.1, 0.15) is 0 Å². The first-order valence-electron chi connectivity index (χ1n) is 8.50. The molecule has 0 atom stereocenters. The minimum atomic E-state index is -0.361. The maximum Gasteiger partial charge on any atom is 0.291 e. The molecule has 6 nitrogen and oxygen atoms in total. The van der Waals surface area contributed by atoms with E-state index >= 15 is 0 Å². The topological polar surface area (TPSA) is 83.4 Å². The van der Waals surface area contributed by atoms with Gasteiger partial charge in [0.25, 0.3) is 5.91 Å². The van der Waals surface area contributed by atoms with Crippen molar-refractivity contribution >= 4 is 58.2 Å². The van der Waals surface area contributed by atoms with Crippen molar-refractivity contribution in [1.82, 2.24) is 5.32 Å². The Labute approximate surface area is 177 Å². The molecule has 29 heavy (non-hydrogen) atoms. The second-order valence-corrected chi connectivity index (χ2v) is 6.68. The molecule has 2 amide bonds. The number of rotatable bonds is 5. The molecule has 0 unspecified atom stereocenters. The number of anilines is 2. The lowest BCUT2D eigenvalue weighted by Gasteiger charge is -2.09. The van der Waals surface area contributed by atoms with Gasteiger partial charge in [-0.2, -0.15) is 0 Å². The number of benzene rings is 2. The molecule has 146 valence electrons. The minimum Gasteiger partial charge on any atom is -0.459 e. The zero-order valence-corrected chi connectivity index (χ0v) is 16.6. The highest BCUT2D eigenvalue weighted by Gasteiger charge is 2.08. The van der Waals surface area contributed by atoms with Crippen molar-refractivity contribution in [2.24, 2.45) is 0 Å². The fraction of sp³-hybridized carbons (Fsp3) is 0. The average Bonchev–Trinajstić information content (AvgIpc) is 3.24. The maximum atomic E-state index is 12.0. The summed E-state index contributed by atoms with van der Waals surface area (Å²) in [6, 6.07) is 17.2. The molecule has 0 saturated carbocycles. The molecule has 0 aliphatic carbocycles. The van der Waals surface area contributed by atoms with Crippen LogP contribution in [0.4, 0.5) is 11.4 Å². The van der Waals surface area contributed by atoms with E-state index in [9.17, 15) is 9.59 Å². The highest BCUT2D eigenvalue weighted by molar-refractivity contribution is 7.80. The third-order valence-electron chi connectivity index (χ3n) is 3.68. The van der Waals surface area contributed by atoms with E-state index in [1.54, 1.807) is 66.7 Å². The molecule has 0 spiro atoms. The third kappa shape index (κ3) is 6.31. The van der Waals surface area contributed by atoms with Gasteiger partial charge >= 0.3 is 0 Å². The molecular weight excluding hydrogens is 410 g/mol. The number of thiocarbonyl (C=S) groups is 1. The molecule has 8 heteroatoms. The van der Waals surface area contributed by atoms with Crippen LogP contribution in [0.25, 0.3) is 6.08 Å². The number of halogens is 1. The molecule has 3 N–H and O–H groups in total. The predicted octanol–water partition coefficient (Wildman–Crippen LogP) is 4.71. The molecule has 2 aromatic carbocycles. The molecule has 3 aromatic rings.